The first kappa shape index (κ1) is 21.2. The second kappa shape index (κ2) is 9.79. The van der Waals surface area contributed by atoms with E-state index in [-0.39, 0.29) is 11.3 Å². The van der Waals surface area contributed by atoms with Gasteiger partial charge in [-0.05, 0) is 66.2 Å². The Bertz CT molecular complexity index is 1110. The highest BCUT2D eigenvalue weighted by Crippen LogP contribution is 2.15. The quantitative estimate of drug-likeness (QED) is 0.345. The van der Waals surface area contributed by atoms with Gasteiger partial charge >= 0.3 is 0 Å². The van der Waals surface area contributed by atoms with Crippen LogP contribution in [0.25, 0.3) is 0 Å². The molecule has 0 bridgehead atoms. The van der Waals surface area contributed by atoms with Crippen LogP contribution in [0.5, 0.6) is 5.75 Å². The summed E-state index contributed by atoms with van der Waals surface area (Å²) in [4.78, 5) is 34.6. The number of anilines is 1. The number of ether oxygens (including phenoxy) is 1. The summed E-state index contributed by atoms with van der Waals surface area (Å²) < 4.78 is 5.08. The van der Waals surface area contributed by atoms with Crippen molar-refractivity contribution in [2.75, 3.05) is 12.4 Å². The van der Waals surface area contributed by atoms with Gasteiger partial charge in [0.15, 0.2) is 0 Å². The fourth-order valence-corrected chi connectivity index (χ4v) is 2.56. The summed E-state index contributed by atoms with van der Waals surface area (Å²) in [6, 6.07) is 18.7. The number of nitrogens with one attached hydrogen (secondary N) is 2. The predicted octanol–water partition coefficient (Wildman–Crippen LogP) is 3.62. The molecule has 0 aliphatic carbocycles. The second-order valence-electron chi connectivity index (χ2n) is 6.31. The van der Waals surface area contributed by atoms with E-state index in [4.69, 9.17) is 4.74 Å². The largest absolute Gasteiger partial charge is 0.497 e. The van der Waals surface area contributed by atoms with Crippen LogP contribution in [0, 0.1) is 10.1 Å². The maximum absolute atomic E-state index is 12.2. The van der Waals surface area contributed by atoms with Crippen LogP contribution in [0.15, 0.2) is 77.9 Å². The summed E-state index contributed by atoms with van der Waals surface area (Å²) in [6.07, 6.45) is 1.51. The number of carbonyl (C=O) groups excluding carboxylic acids is 2. The van der Waals surface area contributed by atoms with Crippen LogP contribution >= 0.6 is 0 Å². The zero-order chi connectivity index (χ0) is 22.2. The number of hydrazone groups is 1. The van der Waals surface area contributed by atoms with E-state index in [1.807, 2.05) is 0 Å². The summed E-state index contributed by atoms with van der Waals surface area (Å²) in [5, 5.41) is 17.3. The molecule has 0 aliphatic heterocycles. The van der Waals surface area contributed by atoms with Gasteiger partial charge in [-0.15, -0.1) is 0 Å². The topological polar surface area (TPSA) is 123 Å². The van der Waals surface area contributed by atoms with Gasteiger partial charge in [-0.2, -0.15) is 5.10 Å². The molecule has 0 radical (unpaired) electrons. The molecule has 0 aliphatic rings. The van der Waals surface area contributed by atoms with Crippen molar-refractivity contribution in [3.63, 3.8) is 0 Å². The number of nitrogens with zero attached hydrogens (tertiary/aromatic N) is 2. The summed E-state index contributed by atoms with van der Waals surface area (Å²) in [7, 11) is 1.58. The average molecular weight is 418 g/mol. The lowest BCUT2D eigenvalue weighted by atomic mass is 10.1. The molecule has 3 aromatic carbocycles. The highest BCUT2D eigenvalue weighted by molar-refractivity contribution is 6.04. The molecule has 0 aromatic heterocycles. The van der Waals surface area contributed by atoms with Crippen LogP contribution in [0.3, 0.4) is 0 Å². The Labute approximate surface area is 177 Å². The lowest BCUT2D eigenvalue weighted by Gasteiger charge is -2.06. The number of methoxy groups -OCH3 is 1. The molecular formula is C22H18N4O5. The lowest BCUT2D eigenvalue weighted by Crippen LogP contribution is -2.17. The fourth-order valence-electron chi connectivity index (χ4n) is 2.56. The van der Waals surface area contributed by atoms with Crippen molar-refractivity contribution < 1.29 is 19.2 Å². The number of rotatable bonds is 7. The summed E-state index contributed by atoms with van der Waals surface area (Å²) in [5.74, 6) is -0.101. The number of carbonyl (C=O) groups is 2. The van der Waals surface area contributed by atoms with Gasteiger partial charge in [0, 0.05) is 28.9 Å². The molecule has 2 N–H and O–H groups in total. The Morgan fingerprint density at radius 1 is 0.903 bits per heavy atom. The van der Waals surface area contributed by atoms with E-state index < -0.39 is 16.7 Å². The Morgan fingerprint density at radius 3 is 2.06 bits per heavy atom. The molecule has 0 saturated carbocycles. The van der Waals surface area contributed by atoms with E-state index in [1.165, 1.54) is 30.5 Å². The standard InChI is InChI=1S/C22H18N4O5/c1-31-20-12-2-15(3-13-20)14-23-25-22(28)17-4-8-18(9-5-17)24-21(27)16-6-10-19(11-7-16)26(29)30/h2-14H,1H3,(H,24,27)(H,25,28)/b23-14-. The molecule has 31 heavy (non-hydrogen) atoms. The first-order valence-electron chi connectivity index (χ1n) is 9.09. The number of nitro benzene ring substituents is 1. The zero-order valence-corrected chi connectivity index (χ0v) is 16.4. The number of amides is 2. The van der Waals surface area contributed by atoms with E-state index in [2.05, 4.69) is 15.8 Å². The summed E-state index contributed by atoms with van der Waals surface area (Å²) >= 11 is 0. The molecule has 0 spiro atoms. The number of non-ortho nitro benzene ring substituents is 1. The van der Waals surface area contributed by atoms with Gasteiger partial charge in [-0.3, -0.25) is 19.7 Å². The van der Waals surface area contributed by atoms with E-state index in [0.717, 1.165) is 11.3 Å². The number of nitro groups is 1. The van der Waals surface area contributed by atoms with Crippen molar-refractivity contribution >= 4 is 29.4 Å². The Balaban J connectivity index is 1.56. The van der Waals surface area contributed by atoms with E-state index in [0.29, 0.717) is 11.3 Å². The van der Waals surface area contributed by atoms with E-state index >= 15 is 0 Å². The van der Waals surface area contributed by atoms with Crippen molar-refractivity contribution in [1.29, 1.82) is 0 Å². The third kappa shape index (κ3) is 5.73. The van der Waals surface area contributed by atoms with Gasteiger partial charge in [-0.1, -0.05) is 0 Å². The Morgan fingerprint density at radius 2 is 1.48 bits per heavy atom. The van der Waals surface area contributed by atoms with Crippen molar-refractivity contribution in [2.24, 2.45) is 5.10 Å². The maximum Gasteiger partial charge on any atom is 0.271 e. The molecule has 0 fully saturated rings. The smallest absolute Gasteiger partial charge is 0.271 e. The second-order valence-corrected chi connectivity index (χ2v) is 6.31. The van der Waals surface area contributed by atoms with Crippen molar-refractivity contribution in [3.8, 4) is 5.75 Å². The van der Waals surface area contributed by atoms with Gasteiger partial charge in [0.25, 0.3) is 17.5 Å². The van der Waals surface area contributed by atoms with E-state index in [9.17, 15) is 19.7 Å². The van der Waals surface area contributed by atoms with Gasteiger partial charge in [0.05, 0.1) is 18.2 Å². The highest BCUT2D eigenvalue weighted by Gasteiger charge is 2.10. The zero-order valence-electron chi connectivity index (χ0n) is 16.4. The minimum atomic E-state index is -0.535. The molecular weight excluding hydrogens is 400 g/mol. The van der Waals surface area contributed by atoms with Crippen LogP contribution < -0.4 is 15.5 Å². The fraction of sp³-hybridized carbons (Fsp3) is 0.0455. The normalized spacial score (nSPS) is 10.5. The van der Waals surface area contributed by atoms with Crippen molar-refractivity contribution in [3.05, 3.63) is 99.6 Å². The Kier molecular flexibility index (Phi) is 6.69. The van der Waals surface area contributed by atoms with Crippen LogP contribution in [0.1, 0.15) is 26.3 Å². The molecule has 156 valence electrons. The third-order valence-electron chi connectivity index (χ3n) is 4.24. The van der Waals surface area contributed by atoms with Gasteiger partial charge in [0.2, 0.25) is 0 Å². The lowest BCUT2D eigenvalue weighted by molar-refractivity contribution is -0.384. The van der Waals surface area contributed by atoms with Gasteiger partial charge in [-0.25, -0.2) is 5.43 Å². The molecule has 0 saturated heterocycles. The van der Waals surface area contributed by atoms with Crippen LogP contribution in [-0.4, -0.2) is 30.1 Å². The monoisotopic (exact) mass is 418 g/mol. The van der Waals surface area contributed by atoms with Gasteiger partial charge in [0.1, 0.15) is 5.75 Å². The maximum atomic E-state index is 12.2. The van der Waals surface area contributed by atoms with Gasteiger partial charge < -0.3 is 10.1 Å². The molecule has 0 unspecified atom stereocenters. The number of hydrogen-bond acceptors (Lipinski definition) is 6. The molecule has 3 rings (SSSR count). The van der Waals surface area contributed by atoms with Crippen LogP contribution in [-0.2, 0) is 0 Å². The molecule has 0 heterocycles. The first-order chi connectivity index (χ1) is 15.0. The molecule has 9 nitrogen and oxygen atoms in total. The Hall–Kier alpha value is -4.53. The molecule has 0 atom stereocenters. The van der Waals surface area contributed by atoms with Crippen molar-refractivity contribution in [1.82, 2.24) is 5.43 Å². The number of benzene rings is 3. The third-order valence-corrected chi connectivity index (χ3v) is 4.24. The van der Waals surface area contributed by atoms with E-state index in [1.54, 1.807) is 55.6 Å². The van der Waals surface area contributed by atoms with Crippen LogP contribution in [0.2, 0.25) is 0 Å². The summed E-state index contributed by atoms with van der Waals surface area (Å²) in [5.41, 5.74) is 4.25. The summed E-state index contributed by atoms with van der Waals surface area (Å²) in [6.45, 7) is 0. The average Bonchev–Trinajstić information content (AvgIpc) is 2.80. The van der Waals surface area contributed by atoms with Crippen molar-refractivity contribution in [2.45, 2.75) is 0 Å². The number of hydrogen-bond donors (Lipinski definition) is 2. The minimum absolute atomic E-state index is 0.0958. The van der Waals surface area contributed by atoms with Crippen LogP contribution in [0.4, 0.5) is 11.4 Å². The molecule has 2 amide bonds. The molecule has 3 aromatic rings. The first-order valence-corrected chi connectivity index (χ1v) is 9.09. The minimum Gasteiger partial charge on any atom is -0.497 e. The predicted molar refractivity (Wildman–Crippen MR) is 116 cm³/mol. The molecule has 9 heteroatoms. The SMILES string of the molecule is COc1ccc(/C=N\NC(=O)c2ccc(NC(=O)c3ccc([N+](=O)[O-])cc3)cc2)cc1. The highest BCUT2D eigenvalue weighted by atomic mass is 16.6.